The van der Waals surface area contributed by atoms with Gasteiger partial charge in [0.15, 0.2) is 6.61 Å². The van der Waals surface area contributed by atoms with Gasteiger partial charge in [0.25, 0.3) is 0 Å². The van der Waals surface area contributed by atoms with Crippen molar-refractivity contribution >= 4 is 0 Å². The Morgan fingerprint density at radius 1 is 0.950 bits per heavy atom. The molecular formula is C18H21NO. The molecule has 0 unspecified atom stereocenters. The summed E-state index contributed by atoms with van der Waals surface area (Å²) in [6, 6.07) is 10.6. The van der Waals surface area contributed by atoms with Crippen LogP contribution in [0.1, 0.15) is 43.6 Å². The smallest absolute Gasteiger partial charge is 0.174 e. The summed E-state index contributed by atoms with van der Waals surface area (Å²) in [6.45, 7) is 0.136. The summed E-state index contributed by atoms with van der Waals surface area (Å²) in [4.78, 5) is 0. The van der Waals surface area contributed by atoms with Crippen LogP contribution in [0.15, 0.2) is 24.3 Å². The Morgan fingerprint density at radius 3 is 2.10 bits per heavy atom. The standard InChI is InChI=1S/C18H21NO/c19-5-6-20-17-3-1-14(2-4-17)18-15-8-12-7-13(10-15)11-16(18)9-12/h1-4,12-13,15-16,18H,6-11H2. The molecule has 0 atom stereocenters. The molecule has 1 aromatic carbocycles. The Balaban J connectivity index is 1.54. The summed E-state index contributed by atoms with van der Waals surface area (Å²) >= 11 is 0. The number of ether oxygens (including phenoxy) is 1. The molecule has 2 heteroatoms. The summed E-state index contributed by atoms with van der Waals surface area (Å²) in [7, 11) is 0. The van der Waals surface area contributed by atoms with Gasteiger partial charge in [0.05, 0.1) is 0 Å². The second-order valence-corrected chi connectivity index (χ2v) is 6.97. The number of nitriles is 1. The normalized spacial score (nSPS) is 37.6. The van der Waals surface area contributed by atoms with E-state index in [2.05, 4.69) is 12.1 Å². The fraction of sp³-hybridized carbons (Fsp3) is 0.611. The molecule has 0 heterocycles. The number of rotatable bonds is 3. The molecule has 1 aromatic rings. The predicted octanol–water partition coefficient (Wildman–Crippen LogP) is 4.13. The van der Waals surface area contributed by atoms with E-state index in [1.807, 2.05) is 18.2 Å². The van der Waals surface area contributed by atoms with E-state index in [1.54, 1.807) is 0 Å². The molecular weight excluding hydrogens is 246 g/mol. The average molecular weight is 267 g/mol. The fourth-order valence-corrected chi connectivity index (χ4v) is 5.37. The van der Waals surface area contributed by atoms with Crippen LogP contribution >= 0.6 is 0 Å². The first-order chi connectivity index (χ1) is 9.83. The second-order valence-electron chi connectivity index (χ2n) is 6.97. The maximum atomic E-state index is 8.55. The van der Waals surface area contributed by atoms with Gasteiger partial charge in [0.2, 0.25) is 0 Å². The summed E-state index contributed by atoms with van der Waals surface area (Å²) < 4.78 is 5.35. The number of nitrogens with zero attached hydrogens (tertiary/aromatic N) is 1. The van der Waals surface area contributed by atoms with Crippen LogP contribution in [0, 0.1) is 35.0 Å². The second kappa shape index (κ2) is 4.81. The predicted molar refractivity (Wildman–Crippen MR) is 77.3 cm³/mol. The van der Waals surface area contributed by atoms with Crippen LogP contribution in [-0.2, 0) is 0 Å². The molecule has 0 radical (unpaired) electrons. The summed E-state index contributed by atoms with van der Waals surface area (Å²) in [5.41, 5.74) is 1.50. The van der Waals surface area contributed by atoms with Crippen LogP contribution in [0.25, 0.3) is 0 Å². The Hall–Kier alpha value is -1.49. The van der Waals surface area contributed by atoms with Crippen LogP contribution < -0.4 is 4.74 Å². The first kappa shape index (κ1) is 12.3. The molecule has 20 heavy (non-hydrogen) atoms. The highest BCUT2D eigenvalue weighted by molar-refractivity contribution is 5.31. The molecule has 0 amide bonds. The molecule has 4 fully saturated rings. The van der Waals surface area contributed by atoms with E-state index < -0.39 is 0 Å². The minimum absolute atomic E-state index is 0.136. The highest BCUT2D eigenvalue weighted by Crippen LogP contribution is 2.59. The molecule has 4 aliphatic rings. The third-order valence-electron chi connectivity index (χ3n) is 5.80. The molecule has 104 valence electrons. The van der Waals surface area contributed by atoms with Gasteiger partial charge in [-0.1, -0.05) is 12.1 Å². The van der Waals surface area contributed by atoms with Crippen LogP contribution in [0.2, 0.25) is 0 Å². The lowest BCUT2D eigenvalue weighted by Gasteiger charge is -2.54. The molecule has 4 aliphatic carbocycles. The highest BCUT2D eigenvalue weighted by Gasteiger charge is 2.48. The molecule has 5 rings (SSSR count). The molecule has 0 aromatic heterocycles. The van der Waals surface area contributed by atoms with Crippen molar-refractivity contribution in [2.45, 2.75) is 38.0 Å². The van der Waals surface area contributed by atoms with Crippen molar-refractivity contribution in [1.82, 2.24) is 0 Å². The first-order valence-corrected chi connectivity index (χ1v) is 7.93. The summed E-state index contributed by atoms with van der Waals surface area (Å²) in [5, 5.41) is 8.55. The van der Waals surface area contributed by atoms with E-state index in [9.17, 15) is 0 Å². The van der Waals surface area contributed by atoms with Crippen molar-refractivity contribution in [3.63, 3.8) is 0 Å². The third kappa shape index (κ3) is 2.00. The van der Waals surface area contributed by atoms with E-state index in [-0.39, 0.29) is 6.61 Å². The van der Waals surface area contributed by atoms with Crippen LogP contribution in [0.3, 0.4) is 0 Å². The van der Waals surface area contributed by atoms with Crippen molar-refractivity contribution in [3.8, 4) is 11.8 Å². The van der Waals surface area contributed by atoms with Crippen molar-refractivity contribution in [3.05, 3.63) is 29.8 Å². The minimum Gasteiger partial charge on any atom is -0.479 e. The first-order valence-electron chi connectivity index (χ1n) is 7.93. The molecule has 4 bridgehead atoms. The maximum absolute atomic E-state index is 8.55. The Bertz CT molecular complexity index is 499. The van der Waals surface area contributed by atoms with E-state index in [1.165, 1.54) is 37.7 Å². The van der Waals surface area contributed by atoms with Gasteiger partial charge in [-0.3, -0.25) is 0 Å². The number of hydrogen-bond donors (Lipinski definition) is 0. The summed E-state index contributed by atoms with van der Waals surface area (Å²) in [5.74, 6) is 5.53. The lowest BCUT2D eigenvalue weighted by molar-refractivity contribution is -0.00279. The lowest BCUT2D eigenvalue weighted by Crippen LogP contribution is -2.43. The maximum Gasteiger partial charge on any atom is 0.174 e. The molecule has 0 saturated heterocycles. The van der Waals surface area contributed by atoms with E-state index in [0.29, 0.717) is 0 Å². The van der Waals surface area contributed by atoms with Gasteiger partial charge in [-0.05, 0) is 79.4 Å². The van der Waals surface area contributed by atoms with Gasteiger partial charge < -0.3 is 4.74 Å². The molecule has 2 nitrogen and oxygen atoms in total. The van der Waals surface area contributed by atoms with Crippen LogP contribution in [0.4, 0.5) is 0 Å². The zero-order valence-electron chi connectivity index (χ0n) is 11.8. The Labute approximate surface area is 120 Å². The Morgan fingerprint density at radius 2 is 1.55 bits per heavy atom. The largest absolute Gasteiger partial charge is 0.479 e. The van der Waals surface area contributed by atoms with Gasteiger partial charge in [-0.15, -0.1) is 0 Å². The number of hydrogen-bond acceptors (Lipinski definition) is 2. The molecule has 0 spiro atoms. The SMILES string of the molecule is N#CCOc1ccc(C2C3CC4CC(C3)CC2C4)cc1. The van der Waals surface area contributed by atoms with Gasteiger partial charge in [0, 0.05) is 0 Å². The zero-order chi connectivity index (χ0) is 13.5. The minimum atomic E-state index is 0.136. The number of benzene rings is 1. The lowest BCUT2D eigenvalue weighted by atomic mass is 9.51. The van der Waals surface area contributed by atoms with Crippen LogP contribution in [0.5, 0.6) is 5.75 Å². The summed E-state index contributed by atoms with van der Waals surface area (Å²) in [6.07, 6.45) is 7.37. The fourth-order valence-electron chi connectivity index (χ4n) is 5.37. The van der Waals surface area contributed by atoms with Crippen molar-refractivity contribution in [2.75, 3.05) is 6.61 Å². The molecule has 4 saturated carbocycles. The topological polar surface area (TPSA) is 33.0 Å². The van der Waals surface area contributed by atoms with Crippen molar-refractivity contribution in [2.24, 2.45) is 23.7 Å². The molecule has 0 aliphatic heterocycles. The van der Waals surface area contributed by atoms with E-state index >= 15 is 0 Å². The quantitative estimate of drug-likeness (QED) is 0.825. The average Bonchev–Trinajstić information content (AvgIpc) is 2.45. The van der Waals surface area contributed by atoms with Gasteiger partial charge in [0.1, 0.15) is 11.8 Å². The van der Waals surface area contributed by atoms with E-state index in [4.69, 9.17) is 10.00 Å². The van der Waals surface area contributed by atoms with Crippen molar-refractivity contribution < 1.29 is 4.74 Å². The van der Waals surface area contributed by atoms with Gasteiger partial charge >= 0.3 is 0 Å². The van der Waals surface area contributed by atoms with Crippen LogP contribution in [-0.4, -0.2) is 6.61 Å². The van der Waals surface area contributed by atoms with Gasteiger partial charge in [-0.2, -0.15) is 5.26 Å². The highest BCUT2D eigenvalue weighted by atomic mass is 16.5. The van der Waals surface area contributed by atoms with E-state index in [0.717, 1.165) is 35.3 Å². The van der Waals surface area contributed by atoms with Crippen molar-refractivity contribution in [1.29, 1.82) is 5.26 Å². The Kier molecular flexibility index (Phi) is 2.95. The van der Waals surface area contributed by atoms with Gasteiger partial charge in [-0.25, -0.2) is 0 Å². The zero-order valence-corrected chi connectivity index (χ0v) is 11.8. The third-order valence-corrected chi connectivity index (χ3v) is 5.80. The monoisotopic (exact) mass is 267 g/mol. The molecule has 0 N–H and O–H groups in total.